The number of benzene rings is 3. The van der Waals surface area contributed by atoms with Crippen molar-refractivity contribution in [1.82, 2.24) is 5.43 Å². The van der Waals surface area contributed by atoms with Crippen molar-refractivity contribution < 1.29 is 23.9 Å². The van der Waals surface area contributed by atoms with Gasteiger partial charge in [-0.2, -0.15) is 5.10 Å². The average Bonchev–Trinajstić information content (AvgIpc) is 2.86. The highest BCUT2D eigenvalue weighted by Gasteiger charge is 2.15. The minimum atomic E-state index is -0.956. The molecule has 36 heavy (non-hydrogen) atoms. The van der Waals surface area contributed by atoms with Gasteiger partial charge in [0.25, 0.3) is 5.91 Å². The molecule has 0 saturated heterocycles. The smallest absolute Gasteiger partial charge is 0.329 e. The third kappa shape index (κ3) is 8.00. The molecule has 3 N–H and O–H groups in total. The largest absolute Gasteiger partial charge is 0.492 e. The summed E-state index contributed by atoms with van der Waals surface area (Å²) in [7, 11) is 0. The second-order valence-corrected chi connectivity index (χ2v) is 7.96. The fraction of sp³-hybridized carbons (Fsp3) is 0.120. The summed E-state index contributed by atoms with van der Waals surface area (Å²) in [6, 6.07) is 18.1. The molecule has 0 saturated carbocycles. The zero-order valence-corrected chi connectivity index (χ0v) is 20.6. The van der Waals surface area contributed by atoms with Crippen LogP contribution in [0.3, 0.4) is 0 Å². The van der Waals surface area contributed by atoms with Crippen molar-refractivity contribution in [3.8, 4) is 11.5 Å². The number of carbonyl (C=O) groups excluding carboxylic acids is 3. The molecule has 3 amide bonds. The predicted octanol–water partition coefficient (Wildman–Crippen LogP) is 4.50. The number of ether oxygens (including phenoxy) is 2. The SMILES string of the molecule is CCOc1ccccc1NC(=O)C(=O)N/N=C\c1cccc(OCC(=O)Nc2ccc(Cl)cc2Cl)c1. The van der Waals surface area contributed by atoms with Crippen molar-refractivity contribution in [2.75, 3.05) is 23.8 Å². The first-order chi connectivity index (χ1) is 17.4. The lowest BCUT2D eigenvalue weighted by Crippen LogP contribution is -2.32. The summed E-state index contributed by atoms with van der Waals surface area (Å²) in [5.41, 5.74) is 3.51. The van der Waals surface area contributed by atoms with Gasteiger partial charge in [-0.25, -0.2) is 5.43 Å². The molecule has 0 unspecified atom stereocenters. The van der Waals surface area contributed by atoms with E-state index in [0.717, 1.165) is 0 Å². The molecule has 3 aromatic carbocycles. The van der Waals surface area contributed by atoms with Crippen molar-refractivity contribution >= 4 is 58.5 Å². The lowest BCUT2D eigenvalue weighted by molar-refractivity contribution is -0.136. The van der Waals surface area contributed by atoms with Gasteiger partial charge >= 0.3 is 11.8 Å². The monoisotopic (exact) mass is 528 g/mol. The van der Waals surface area contributed by atoms with Crippen molar-refractivity contribution in [1.29, 1.82) is 0 Å². The van der Waals surface area contributed by atoms with E-state index in [9.17, 15) is 14.4 Å². The molecule has 3 aromatic rings. The lowest BCUT2D eigenvalue weighted by atomic mass is 10.2. The third-order valence-corrected chi connectivity index (χ3v) is 5.00. The van der Waals surface area contributed by atoms with Gasteiger partial charge in [0.15, 0.2) is 6.61 Å². The molecule has 0 aliphatic rings. The lowest BCUT2D eigenvalue weighted by Gasteiger charge is -2.10. The van der Waals surface area contributed by atoms with Gasteiger partial charge in [0, 0.05) is 5.02 Å². The van der Waals surface area contributed by atoms with E-state index < -0.39 is 17.7 Å². The highest BCUT2D eigenvalue weighted by molar-refractivity contribution is 6.39. The molecular weight excluding hydrogens is 507 g/mol. The Hall–Kier alpha value is -4.08. The molecule has 0 aliphatic heterocycles. The Kier molecular flexibility index (Phi) is 9.67. The van der Waals surface area contributed by atoms with E-state index in [0.29, 0.717) is 45.1 Å². The van der Waals surface area contributed by atoms with Crippen LogP contribution in [-0.2, 0) is 14.4 Å². The predicted molar refractivity (Wildman–Crippen MR) is 139 cm³/mol. The molecule has 0 atom stereocenters. The molecule has 9 nitrogen and oxygen atoms in total. The first-order valence-corrected chi connectivity index (χ1v) is 11.4. The average molecular weight is 529 g/mol. The van der Waals surface area contributed by atoms with Crippen LogP contribution in [0.25, 0.3) is 0 Å². The molecule has 0 heterocycles. The minimum Gasteiger partial charge on any atom is -0.492 e. The van der Waals surface area contributed by atoms with Gasteiger partial charge < -0.3 is 20.1 Å². The van der Waals surface area contributed by atoms with Crippen molar-refractivity contribution in [2.45, 2.75) is 6.92 Å². The molecule has 186 valence electrons. The van der Waals surface area contributed by atoms with Gasteiger partial charge in [-0.3, -0.25) is 14.4 Å². The van der Waals surface area contributed by atoms with E-state index in [2.05, 4.69) is 21.2 Å². The van der Waals surface area contributed by atoms with Gasteiger partial charge in [-0.05, 0) is 55.0 Å². The number of carbonyl (C=O) groups is 3. The number of halogens is 2. The van der Waals surface area contributed by atoms with Gasteiger partial charge in [0.1, 0.15) is 11.5 Å². The summed E-state index contributed by atoms with van der Waals surface area (Å²) in [6.45, 7) is 1.96. The van der Waals surface area contributed by atoms with Gasteiger partial charge in [-0.1, -0.05) is 47.5 Å². The number of nitrogens with one attached hydrogen (secondary N) is 3. The number of para-hydroxylation sites is 2. The fourth-order valence-corrected chi connectivity index (χ4v) is 3.31. The maximum atomic E-state index is 12.2. The van der Waals surface area contributed by atoms with Crippen LogP contribution < -0.4 is 25.5 Å². The molecule has 0 fully saturated rings. The van der Waals surface area contributed by atoms with E-state index in [1.807, 2.05) is 6.92 Å². The number of rotatable bonds is 9. The summed E-state index contributed by atoms with van der Waals surface area (Å²) >= 11 is 11.9. The van der Waals surface area contributed by atoms with Crippen LogP contribution in [0.1, 0.15) is 12.5 Å². The highest BCUT2D eigenvalue weighted by atomic mass is 35.5. The van der Waals surface area contributed by atoms with E-state index in [-0.39, 0.29) is 6.61 Å². The quantitative estimate of drug-likeness (QED) is 0.214. The first kappa shape index (κ1) is 26.5. The number of hydrogen-bond acceptors (Lipinski definition) is 6. The maximum absolute atomic E-state index is 12.2. The molecule has 0 radical (unpaired) electrons. The fourth-order valence-electron chi connectivity index (χ4n) is 2.86. The van der Waals surface area contributed by atoms with E-state index in [1.165, 1.54) is 12.3 Å². The number of anilines is 2. The number of hydrogen-bond donors (Lipinski definition) is 3. The van der Waals surface area contributed by atoms with Crippen LogP contribution in [0.4, 0.5) is 11.4 Å². The minimum absolute atomic E-state index is 0.264. The Morgan fingerprint density at radius 1 is 0.889 bits per heavy atom. The van der Waals surface area contributed by atoms with Crippen molar-refractivity contribution in [2.24, 2.45) is 5.10 Å². The molecule has 0 aliphatic carbocycles. The highest BCUT2D eigenvalue weighted by Crippen LogP contribution is 2.25. The Bertz CT molecular complexity index is 1280. The van der Waals surface area contributed by atoms with E-state index >= 15 is 0 Å². The zero-order chi connectivity index (χ0) is 25.9. The zero-order valence-electron chi connectivity index (χ0n) is 19.1. The topological polar surface area (TPSA) is 118 Å². The molecule has 11 heteroatoms. The summed E-state index contributed by atoms with van der Waals surface area (Å²) < 4.78 is 10.9. The Morgan fingerprint density at radius 3 is 2.47 bits per heavy atom. The molecule has 0 bridgehead atoms. The van der Waals surface area contributed by atoms with Crippen LogP contribution in [0.2, 0.25) is 10.0 Å². The molecule has 3 rings (SSSR count). The van der Waals surface area contributed by atoms with Gasteiger partial charge in [-0.15, -0.1) is 0 Å². The van der Waals surface area contributed by atoms with E-state index in [4.69, 9.17) is 32.7 Å². The summed E-state index contributed by atoms with van der Waals surface area (Å²) in [5, 5.41) is 9.67. The van der Waals surface area contributed by atoms with Crippen LogP contribution in [-0.4, -0.2) is 37.1 Å². The van der Waals surface area contributed by atoms with Crippen molar-refractivity contribution in [3.63, 3.8) is 0 Å². The molecule has 0 spiro atoms. The Balaban J connectivity index is 1.50. The number of amides is 3. The van der Waals surface area contributed by atoms with Crippen LogP contribution >= 0.6 is 23.2 Å². The molecular formula is C25H22Cl2N4O5. The van der Waals surface area contributed by atoms with E-state index in [1.54, 1.807) is 60.7 Å². The number of hydrazone groups is 1. The summed E-state index contributed by atoms with van der Waals surface area (Å²) in [4.78, 5) is 36.4. The maximum Gasteiger partial charge on any atom is 0.329 e. The van der Waals surface area contributed by atoms with Gasteiger partial charge in [0.2, 0.25) is 0 Å². The van der Waals surface area contributed by atoms with Gasteiger partial charge in [0.05, 0.1) is 29.2 Å². The Morgan fingerprint density at radius 2 is 1.69 bits per heavy atom. The Labute approximate surface area is 217 Å². The van der Waals surface area contributed by atoms with Crippen LogP contribution in [0.15, 0.2) is 71.8 Å². The standard InChI is InChI=1S/C25H22Cl2N4O5/c1-2-35-22-9-4-3-8-21(22)30-24(33)25(34)31-28-14-16-6-5-7-18(12-16)36-15-23(32)29-20-11-10-17(26)13-19(20)27/h3-14H,2,15H2,1H3,(H,29,32)(H,30,33)(H,31,34)/b28-14-. The van der Waals surface area contributed by atoms with Crippen LogP contribution in [0.5, 0.6) is 11.5 Å². The third-order valence-electron chi connectivity index (χ3n) is 4.45. The first-order valence-electron chi connectivity index (χ1n) is 10.7. The summed E-state index contributed by atoms with van der Waals surface area (Å²) in [5.74, 6) is -1.42. The number of nitrogens with zero attached hydrogens (tertiary/aromatic N) is 1. The second kappa shape index (κ2) is 13.1. The van der Waals surface area contributed by atoms with Crippen molar-refractivity contribution in [3.05, 3.63) is 82.3 Å². The normalized spacial score (nSPS) is 10.5. The molecule has 0 aromatic heterocycles. The summed E-state index contributed by atoms with van der Waals surface area (Å²) in [6.07, 6.45) is 1.33. The van der Waals surface area contributed by atoms with Crippen LogP contribution in [0, 0.1) is 0 Å². The second-order valence-electron chi connectivity index (χ2n) is 7.12.